The van der Waals surface area contributed by atoms with Crippen molar-refractivity contribution in [1.82, 2.24) is 4.90 Å². The van der Waals surface area contributed by atoms with Crippen LogP contribution in [0.4, 0.5) is 11.4 Å². The molecule has 0 spiro atoms. The number of anilines is 2. The van der Waals surface area contributed by atoms with Gasteiger partial charge in [0.05, 0.1) is 36.6 Å². The van der Waals surface area contributed by atoms with E-state index >= 15 is 0 Å². The molecule has 2 aromatic rings. The lowest BCUT2D eigenvalue weighted by Crippen LogP contribution is -2.36. The fourth-order valence-corrected chi connectivity index (χ4v) is 3.10. The molecule has 0 fully saturated rings. The SMILES string of the molecule is COC(=O)c1sccc1NC(=O)CN(C)CC(=O)Nc1ccccc1Cl. The van der Waals surface area contributed by atoms with Crippen molar-refractivity contribution >= 4 is 52.1 Å². The van der Waals surface area contributed by atoms with Crippen LogP contribution in [0.15, 0.2) is 35.7 Å². The molecule has 7 nitrogen and oxygen atoms in total. The molecule has 26 heavy (non-hydrogen) atoms. The molecule has 9 heteroatoms. The Morgan fingerprint density at radius 3 is 2.31 bits per heavy atom. The molecule has 138 valence electrons. The molecule has 1 aromatic heterocycles. The predicted molar refractivity (Wildman–Crippen MR) is 102 cm³/mol. The fraction of sp³-hybridized carbons (Fsp3) is 0.235. The smallest absolute Gasteiger partial charge is 0.350 e. The molecule has 0 radical (unpaired) electrons. The Morgan fingerprint density at radius 2 is 1.69 bits per heavy atom. The van der Waals surface area contributed by atoms with Gasteiger partial charge in [-0.15, -0.1) is 11.3 Å². The maximum atomic E-state index is 12.1. The van der Waals surface area contributed by atoms with Crippen molar-refractivity contribution in [3.8, 4) is 0 Å². The van der Waals surface area contributed by atoms with Gasteiger partial charge in [-0.25, -0.2) is 4.79 Å². The molecule has 0 atom stereocenters. The van der Waals surface area contributed by atoms with Gasteiger partial charge in [0.2, 0.25) is 11.8 Å². The molecular weight excluding hydrogens is 378 g/mol. The number of benzene rings is 1. The van der Waals surface area contributed by atoms with Crippen LogP contribution in [0.3, 0.4) is 0 Å². The second-order valence-electron chi connectivity index (χ2n) is 5.40. The number of halogens is 1. The summed E-state index contributed by atoms with van der Waals surface area (Å²) in [5, 5.41) is 7.45. The van der Waals surface area contributed by atoms with Crippen LogP contribution in [-0.2, 0) is 14.3 Å². The van der Waals surface area contributed by atoms with E-state index in [4.69, 9.17) is 11.6 Å². The van der Waals surface area contributed by atoms with E-state index in [1.165, 1.54) is 18.4 Å². The monoisotopic (exact) mass is 395 g/mol. The van der Waals surface area contributed by atoms with Gasteiger partial charge in [0.15, 0.2) is 0 Å². The normalized spacial score (nSPS) is 10.5. The standard InChI is InChI=1S/C17H18ClN3O4S/c1-21(9-14(22)19-12-6-4-3-5-11(12)18)10-15(23)20-13-7-8-26-16(13)17(24)25-2/h3-8H,9-10H2,1-2H3,(H,19,22)(H,20,23). The number of hydrogen-bond donors (Lipinski definition) is 2. The zero-order chi connectivity index (χ0) is 19.1. The first-order valence-electron chi connectivity index (χ1n) is 7.59. The lowest BCUT2D eigenvalue weighted by atomic mass is 10.3. The summed E-state index contributed by atoms with van der Waals surface area (Å²) >= 11 is 7.17. The van der Waals surface area contributed by atoms with Crippen molar-refractivity contribution in [2.75, 3.05) is 37.9 Å². The number of hydrogen-bond acceptors (Lipinski definition) is 6. The molecule has 0 saturated carbocycles. The highest BCUT2D eigenvalue weighted by atomic mass is 35.5. The van der Waals surface area contributed by atoms with Crippen molar-refractivity contribution in [1.29, 1.82) is 0 Å². The summed E-state index contributed by atoms with van der Waals surface area (Å²) in [6, 6.07) is 8.52. The zero-order valence-electron chi connectivity index (χ0n) is 14.2. The van der Waals surface area contributed by atoms with Crippen LogP contribution in [0.5, 0.6) is 0 Å². The van der Waals surface area contributed by atoms with Crippen molar-refractivity contribution in [3.05, 3.63) is 45.6 Å². The number of esters is 1. The van der Waals surface area contributed by atoms with Crippen LogP contribution in [0, 0.1) is 0 Å². The first-order chi connectivity index (χ1) is 12.4. The van der Waals surface area contributed by atoms with Crippen LogP contribution in [0.1, 0.15) is 9.67 Å². The minimum absolute atomic E-state index is 0.00609. The number of para-hydroxylation sites is 1. The van der Waals surface area contributed by atoms with E-state index in [-0.39, 0.29) is 24.9 Å². The Hall–Kier alpha value is -2.42. The van der Waals surface area contributed by atoms with Crippen LogP contribution in [0.2, 0.25) is 5.02 Å². The molecule has 1 aromatic carbocycles. The summed E-state index contributed by atoms with van der Waals surface area (Å²) in [4.78, 5) is 37.7. The number of ether oxygens (including phenoxy) is 1. The number of carbonyl (C=O) groups is 3. The molecule has 2 amide bonds. The average Bonchev–Trinajstić information content (AvgIpc) is 3.03. The van der Waals surface area contributed by atoms with Crippen LogP contribution < -0.4 is 10.6 Å². The lowest BCUT2D eigenvalue weighted by Gasteiger charge is -2.16. The van der Waals surface area contributed by atoms with Gasteiger partial charge in [-0.2, -0.15) is 0 Å². The number of amides is 2. The summed E-state index contributed by atoms with van der Waals surface area (Å²) < 4.78 is 4.66. The summed E-state index contributed by atoms with van der Waals surface area (Å²) in [7, 11) is 2.92. The first-order valence-corrected chi connectivity index (χ1v) is 8.85. The molecule has 2 N–H and O–H groups in total. The second kappa shape index (κ2) is 9.33. The van der Waals surface area contributed by atoms with Crippen molar-refractivity contribution in [2.45, 2.75) is 0 Å². The number of carbonyl (C=O) groups excluding carboxylic acids is 3. The minimum Gasteiger partial charge on any atom is -0.465 e. The van der Waals surface area contributed by atoms with Crippen LogP contribution in [-0.4, -0.2) is 49.9 Å². The molecule has 0 aliphatic rings. The minimum atomic E-state index is -0.511. The van der Waals surface area contributed by atoms with Gasteiger partial charge in [-0.1, -0.05) is 23.7 Å². The highest BCUT2D eigenvalue weighted by Crippen LogP contribution is 2.23. The van der Waals surface area contributed by atoms with Crippen molar-refractivity contribution in [3.63, 3.8) is 0 Å². The van der Waals surface area contributed by atoms with Gasteiger partial charge in [-0.3, -0.25) is 14.5 Å². The third-order valence-corrected chi connectivity index (χ3v) is 4.51. The molecule has 0 unspecified atom stereocenters. The number of thiophene rings is 1. The van der Waals surface area contributed by atoms with Crippen molar-refractivity contribution in [2.24, 2.45) is 0 Å². The summed E-state index contributed by atoms with van der Waals surface area (Å²) in [5.74, 6) is -1.15. The number of methoxy groups -OCH3 is 1. The Morgan fingerprint density at radius 1 is 1.08 bits per heavy atom. The summed E-state index contributed by atoms with van der Waals surface area (Å²) in [6.45, 7) is -0.0153. The first kappa shape index (κ1) is 19.9. The van der Waals surface area contributed by atoms with Gasteiger partial charge in [0, 0.05) is 0 Å². The fourth-order valence-electron chi connectivity index (χ4n) is 2.15. The van der Waals surface area contributed by atoms with Gasteiger partial charge in [-0.05, 0) is 30.6 Å². The van der Waals surface area contributed by atoms with Gasteiger partial charge >= 0.3 is 5.97 Å². The number of rotatable bonds is 7. The number of likely N-dealkylation sites (N-methyl/N-ethyl adjacent to an activating group) is 1. The largest absolute Gasteiger partial charge is 0.465 e. The van der Waals surface area contributed by atoms with E-state index in [1.807, 2.05) is 0 Å². The van der Waals surface area contributed by atoms with E-state index in [1.54, 1.807) is 47.7 Å². The number of nitrogens with zero attached hydrogens (tertiary/aromatic N) is 1. The van der Waals surface area contributed by atoms with E-state index in [9.17, 15) is 14.4 Å². The van der Waals surface area contributed by atoms with Gasteiger partial charge in [0.1, 0.15) is 4.88 Å². The highest BCUT2D eigenvalue weighted by Gasteiger charge is 2.17. The van der Waals surface area contributed by atoms with Crippen LogP contribution in [0.25, 0.3) is 0 Å². The highest BCUT2D eigenvalue weighted by molar-refractivity contribution is 7.12. The summed E-state index contributed by atoms with van der Waals surface area (Å²) in [6.07, 6.45) is 0. The average molecular weight is 396 g/mol. The van der Waals surface area contributed by atoms with Gasteiger partial charge in [0.25, 0.3) is 0 Å². The molecular formula is C17H18ClN3O4S. The third kappa shape index (κ3) is 5.55. The Kier molecular flexibility index (Phi) is 7.14. The molecule has 2 rings (SSSR count). The third-order valence-electron chi connectivity index (χ3n) is 3.29. The zero-order valence-corrected chi connectivity index (χ0v) is 15.8. The second-order valence-corrected chi connectivity index (χ2v) is 6.73. The quantitative estimate of drug-likeness (QED) is 0.704. The molecule has 0 bridgehead atoms. The maximum absolute atomic E-state index is 12.1. The molecule has 0 aliphatic heterocycles. The number of nitrogens with one attached hydrogen (secondary N) is 2. The van der Waals surface area contributed by atoms with Gasteiger partial charge < -0.3 is 15.4 Å². The van der Waals surface area contributed by atoms with E-state index in [0.717, 1.165) is 0 Å². The van der Waals surface area contributed by atoms with E-state index < -0.39 is 5.97 Å². The maximum Gasteiger partial charge on any atom is 0.350 e. The van der Waals surface area contributed by atoms with E-state index in [0.29, 0.717) is 21.3 Å². The molecule has 1 heterocycles. The summed E-state index contributed by atoms with van der Waals surface area (Å²) in [5.41, 5.74) is 0.902. The molecule has 0 aliphatic carbocycles. The molecule has 0 saturated heterocycles. The van der Waals surface area contributed by atoms with Crippen molar-refractivity contribution < 1.29 is 19.1 Å². The topological polar surface area (TPSA) is 87.7 Å². The lowest BCUT2D eigenvalue weighted by molar-refractivity contribution is -0.119. The van der Waals surface area contributed by atoms with Crippen LogP contribution >= 0.6 is 22.9 Å². The van der Waals surface area contributed by atoms with E-state index in [2.05, 4.69) is 15.4 Å². The Bertz CT molecular complexity index is 809. The Labute approximate surface area is 159 Å². The Balaban J connectivity index is 1.85. The predicted octanol–water partition coefficient (Wildman–Crippen LogP) is 2.70.